The van der Waals surface area contributed by atoms with Crippen LogP contribution < -0.4 is 0 Å². The summed E-state index contributed by atoms with van der Waals surface area (Å²) >= 11 is 0. The van der Waals surface area contributed by atoms with Gasteiger partial charge in [0.15, 0.2) is 5.84 Å². The molecule has 0 fully saturated rings. The Bertz CT molecular complexity index is 2520. The molecule has 0 aliphatic rings. The summed E-state index contributed by atoms with van der Waals surface area (Å²) in [5, 5.41) is 7.70. The third-order valence-corrected chi connectivity index (χ3v) is 9.21. The zero-order valence-corrected chi connectivity index (χ0v) is 27.3. The summed E-state index contributed by atoms with van der Waals surface area (Å²) in [6.07, 6.45) is 0. The fraction of sp³-hybridized carbons (Fsp3) is 0.0213. The smallest absolute Gasteiger partial charge is 0.160 e. The van der Waals surface area contributed by atoms with E-state index in [9.17, 15) is 0 Å². The van der Waals surface area contributed by atoms with Gasteiger partial charge < -0.3 is 0 Å². The van der Waals surface area contributed by atoms with Crippen molar-refractivity contribution < 1.29 is 0 Å². The zero-order chi connectivity index (χ0) is 33.2. The maximum Gasteiger partial charge on any atom is 0.160 e. The molecular weight excluding hydrogens is 593 g/mol. The van der Waals surface area contributed by atoms with E-state index in [0.29, 0.717) is 11.5 Å². The summed E-state index contributed by atoms with van der Waals surface area (Å²) < 4.78 is 0. The van der Waals surface area contributed by atoms with E-state index >= 15 is 0 Å². The number of hydrogen-bond donors (Lipinski definition) is 0. The van der Waals surface area contributed by atoms with Crippen LogP contribution in [0.2, 0.25) is 0 Å². The largest absolute Gasteiger partial charge is 0.233 e. The molecular formula is C47H34N2. The quantitative estimate of drug-likeness (QED) is 0.0997. The second-order valence-electron chi connectivity index (χ2n) is 12.3. The van der Waals surface area contributed by atoms with Gasteiger partial charge in [-0.05, 0) is 90.8 Å². The number of aliphatic imine (C=N–C) groups is 2. The lowest BCUT2D eigenvalue weighted by molar-refractivity contribution is 1.44. The number of rotatable bonds is 6. The van der Waals surface area contributed by atoms with Crippen molar-refractivity contribution in [3.05, 3.63) is 199 Å². The number of amidine groups is 1. The summed E-state index contributed by atoms with van der Waals surface area (Å²) in [7, 11) is 0. The van der Waals surface area contributed by atoms with Crippen LogP contribution in [0.5, 0.6) is 0 Å². The topological polar surface area (TPSA) is 24.7 Å². The fourth-order valence-electron chi connectivity index (χ4n) is 6.68. The molecule has 0 saturated heterocycles. The van der Waals surface area contributed by atoms with Crippen LogP contribution in [0.25, 0.3) is 60.3 Å². The molecule has 8 rings (SSSR count). The molecule has 8 aromatic rings. The van der Waals surface area contributed by atoms with E-state index in [1.165, 1.54) is 43.4 Å². The Balaban J connectivity index is 1.16. The molecule has 0 radical (unpaired) electrons. The third-order valence-electron chi connectivity index (χ3n) is 9.21. The van der Waals surface area contributed by atoms with Crippen LogP contribution in [0.15, 0.2) is 192 Å². The number of nitrogens with zero attached hydrogens (tertiary/aromatic N) is 2. The van der Waals surface area contributed by atoms with E-state index < -0.39 is 0 Å². The highest BCUT2D eigenvalue weighted by Gasteiger charge is 2.11. The van der Waals surface area contributed by atoms with Crippen molar-refractivity contribution in [3.8, 4) is 22.3 Å². The van der Waals surface area contributed by atoms with Crippen molar-refractivity contribution in [1.29, 1.82) is 0 Å². The zero-order valence-electron chi connectivity index (χ0n) is 27.3. The SMILES string of the molecule is C=C(N=C(N=C(C)c1cccc(-c2cccc(-c3ccc4c5ccccc5c5ccccc5c4c3)c2)c1)c1ccccc1)c1ccccc1. The summed E-state index contributed by atoms with van der Waals surface area (Å²) in [5.74, 6) is 0.635. The first-order valence-corrected chi connectivity index (χ1v) is 16.6. The van der Waals surface area contributed by atoms with E-state index in [4.69, 9.17) is 9.98 Å². The lowest BCUT2D eigenvalue weighted by atomic mass is 9.91. The van der Waals surface area contributed by atoms with Gasteiger partial charge in [0.25, 0.3) is 0 Å². The van der Waals surface area contributed by atoms with Crippen LogP contribution in [0, 0.1) is 0 Å². The molecule has 232 valence electrons. The van der Waals surface area contributed by atoms with Crippen LogP contribution >= 0.6 is 0 Å². The van der Waals surface area contributed by atoms with Crippen molar-refractivity contribution in [2.24, 2.45) is 9.98 Å². The molecule has 0 saturated carbocycles. The van der Waals surface area contributed by atoms with Gasteiger partial charge in [-0.2, -0.15) is 0 Å². The Morgan fingerprint density at radius 3 is 1.43 bits per heavy atom. The van der Waals surface area contributed by atoms with E-state index in [2.05, 4.69) is 122 Å². The normalized spacial score (nSPS) is 12.1. The van der Waals surface area contributed by atoms with Crippen LogP contribution in [-0.4, -0.2) is 11.5 Å². The van der Waals surface area contributed by atoms with Crippen LogP contribution in [-0.2, 0) is 0 Å². The van der Waals surface area contributed by atoms with Gasteiger partial charge in [-0.3, -0.25) is 0 Å². The molecule has 0 spiro atoms. The predicted molar refractivity (Wildman–Crippen MR) is 210 cm³/mol. The summed E-state index contributed by atoms with van der Waals surface area (Å²) in [6, 6.07) is 61.9. The average Bonchev–Trinajstić information content (AvgIpc) is 3.18. The molecule has 0 atom stereocenters. The van der Waals surface area contributed by atoms with Gasteiger partial charge in [0.2, 0.25) is 0 Å². The van der Waals surface area contributed by atoms with Gasteiger partial charge in [0.05, 0.1) is 5.70 Å². The van der Waals surface area contributed by atoms with Gasteiger partial charge in [0.1, 0.15) is 0 Å². The molecule has 8 aromatic carbocycles. The van der Waals surface area contributed by atoms with Crippen molar-refractivity contribution in [2.75, 3.05) is 0 Å². The summed E-state index contributed by atoms with van der Waals surface area (Å²) in [6.45, 7) is 6.29. The summed E-state index contributed by atoms with van der Waals surface area (Å²) in [4.78, 5) is 9.96. The number of fused-ring (bicyclic) bond motifs is 6. The molecule has 0 bridgehead atoms. The Morgan fingerprint density at radius 1 is 0.367 bits per heavy atom. The molecule has 0 heterocycles. The highest BCUT2D eigenvalue weighted by atomic mass is 14.9. The van der Waals surface area contributed by atoms with E-state index in [0.717, 1.165) is 33.5 Å². The second kappa shape index (κ2) is 13.0. The molecule has 0 aromatic heterocycles. The molecule has 2 nitrogen and oxygen atoms in total. The summed E-state index contributed by atoms with van der Waals surface area (Å²) in [5.41, 5.74) is 9.20. The number of benzene rings is 8. The Labute approximate surface area is 287 Å². The molecule has 0 N–H and O–H groups in total. The highest BCUT2D eigenvalue weighted by molar-refractivity contribution is 6.25. The fourth-order valence-corrected chi connectivity index (χ4v) is 6.68. The molecule has 0 aliphatic carbocycles. The third kappa shape index (κ3) is 5.97. The molecule has 0 aliphatic heterocycles. The second-order valence-corrected chi connectivity index (χ2v) is 12.3. The standard InChI is InChI=1S/C47H34N2/c1-32(34-15-5-3-6-16-34)48-47(35-17-7-4-8-18-35)49-33(2)36-19-13-20-37(29-36)38-21-14-22-39(30-38)40-27-28-45-43-25-10-9-23-41(43)42-24-11-12-26-44(42)46(45)31-40/h3-31H,1H2,2H3. The monoisotopic (exact) mass is 626 g/mol. The maximum absolute atomic E-state index is 5.06. The van der Waals surface area contributed by atoms with Crippen LogP contribution in [0.1, 0.15) is 23.6 Å². The van der Waals surface area contributed by atoms with Crippen molar-refractivity contribution in [3.63, 3.8) is 0 Å². The molecule has 0 unspecified atom stereocenters. The number of hydrogen-bond acceptors (Lipinski definition) is 1. The van der Waals surface area contributed by atoms with Crippen molar-refractivity contribution in [1.82, 2.24) is 0 Å². The maximum atomic E-state index is 5.06. The van der Waals surface area contributed by atoms with Gasteiger partial charge in [-0.25, -0.2) is 9.98 Å². The highest BCUT2D eigenvalue weighted by Crippen LogP contribution is 2.37. The molecule has 2 heteroatoms. The minimum absolute atomic E-state index is 0.635. The lowest BCUT2D eigenvalue weighted by Gasteiger charge is -2.13. The first-order chi connectivity index (χ1) is 24.1. The average molecular weight is 627 g/mol. The van der Waals surface area contributed by atoms with E-state index in [1.807, 2.05) is 67.6 Å². The predicted octanol–water partition coefficient (Wildman–Crippen LogP) is 12.4. The molecule has 0 amide bonds. The Kier molecular flexibility index (Phi) is 7.97. The van der Waals surface area contributed by atoms with Crippen LogP contribution in [0.4, 0.5) is 0 Å². The van der Waals surface area contributed by atoms with E-state index in [1.54, 1.807) is 0 Å². The first-order valence-electron chi connectivity index (χ1n) is 16.6. The lowest BCUT2D eigenvalue weighted by Crippen LogP contribution is -2.04. The van der Waals surface area contributed by atoms with Gasteiger partial charge in [-0.15, -0.1) is 0 Å². The Morgan fingerprint density at radius 2 is 0.816 bits per heavy atom. The van der Waals surface area contributed by atoms with Crippen molar-refractivity contribution >= 4 is 49.6 Å². The minimum Gasteiger partial charge on any atom is -0.233 e. The first kappa shape index (κ1) is 30.0. The van der Waals surface area contributed by atoms with Gasteiger partial charge in [-0.1, -0.05) is 164 Å². The van der Waals surface area contributed by atoms with Gasteiger partial charge >= 0.3 is 0 Å². The van der Waals surface area contributed by atoms with Crippen molar-refractivity contribution in [2.45, 2.75) is 6.92 Å². The molecule has 49 heavy (non-hydrogen) atoms. The van der Waals surface area contributed by atoms with Gasteiger partial charge in [0, 0.05) is 11.3 Å². The minimum atomic E-state index is 0.635. The Hall–Kier alpha value is -6.38. The van der Waals surface area contributed by atoms with Crippen LogP contribution in [0.3, 0.4) is 0 Å². The van der Waals surface area contributed by atoms with E-state index in [-0.39, 0.29) is 0 Å².